The Morgan fingerprint density at radius 1 is 1.21 bits per heavy atom. The van der Waals surface area contributed by atoms with Crippen molar-refractivity contribution in [2.75, 3.05) is 6.61 Å². The minimum Gasteiger partial charge on any atom is -0.457 e. The molecule has 24 heavy (non-hydrogen) atoms. The topological polar surface area (TPSA) is 63.6 Å². The molecular weight excluding hydrogens is 416 g/mol. The zero-order valence-electron chi connectivity index (χ0n) is 12.3. The molecule has 0 spiro atoms. The summed E-state index contributed by atoms with van der Waals surface area (Å²) >= 11 is 7.52. The average Bonchev–Trinajstić information content (AvgIpc) is 2.89. The molecule has 1 unspecified atom stereocenters. The van der Waals surface area contributed by atoms with E-state index in [-0.39, 0.29) is 18.3 Å². The zero-order valence-corrected chi connectivity index (χ0v) is 15.5. The highest BCUT2D eigenvalue weighted by atomic mass is 79.9. The molecule has 1 heterocycles. The minimum absolute atomic E-state index is 0.0738. The van der Waals surface area contributed by atoms with Gasteiger partial charge in [-0.3, -0.25) is 0 Å². The monoisotopic (exact) mass is 426 g/mol. The Kier molecular flexibility index (Phi) is 5.20. The predicted molar refractivity (Wildman–Crippen MR) is 97.8 cm³/mol. The lowest BCUT2D eigenvalue weighted by Gasteiger charge is -2.08. The summed E-state index contributed by atoms with van der Waals surface area (Å²) < 4.78 is 25.8. The third kappa shape index (κ3) is 3.62. The van der Waals surface area contributed by atoms with Crippen molar-refractivity contribution in [3.63, 3.8) is 0 Å². The maximum absolute atomic E-state index is 12.2. The number of carbonyl (C=O) groups is 1. The summed E-state index contributed by atoms with van der Waals surface area (Å²) in [4.78, 5) is 12.2. The van der Waals surface area contributed by atoms with Gasteiger partial charge >= 0.3 is 5.97 Å². The zero-order chi connectivity index (χ0) is 17.3. The van der Waals surface area contributed by atoms with Crippen LogP contribution < -0.4 is 0 Å². The number of esters is 1. The van der Waals surface area contributed by atoms with Crippen molar-refractivity contribution in [3.8, 4) is 0 Å². The number of carbonyl (C=O) groups excluding carboxylic acids is 1. The van der Waals surface area contributed by atoms with Crippen LogP contribution in [0.15, 0.2) is 46.9 Å². The van der Waals surface area contributed by atoms with Crippen LogP contribution in [0.25, 0.3) is 11.1 Å². The molecule has 4 nitrogen and oxygen atoms in total. The van der Waals surface area contributed by atoms with E-state index in [4.69, 9.17) is 20.9 Å². The third-order valence-electron chi connectivity index (χ3n) is 3.65. The Bertz CT molecular complexity index is 861. The lowest BCUT2D eigenvalue weighted by Crippen LogP contribution is -1.99. The molecular formula is C17H12BrClO4S. The molecule has 1 aliphatic heterocycles. The fraction of sp³-hybridized carbons (Fsp3) is 0.118. The van der Waals surface area contributed by atoms with Gasteiger partial charge in [0.25, 0.3) is 0 Å². The summed E-state index contributed by atoms with van der Waals surface area (Å²) in [7, 11) is 0. The number of hydrogen-bond donors (Lipinski definition) is 1. The number of ether oxygens (including phenoxy) is 1. The Morgan fingerprint density at radius 3 is 2.54 bits per heavy atom. The number of halogens is 2. The van der Waals surface area contributed by atoms with Crippen LogP contribution in [0.3, 0.4) is 0 Å². The molecule has 1 atom stereocenters. The predicted octanol–water partition coefficient (Wildman–Crippen LogP) is 4.29. The van der Waals surface area contributed by atoms with Crippen molar-refractivity contribution in [2.24, 2.45) is 0 Å². The van der Waals surface area contributed by atoms with E-state index in [0.717, 1.165) is 22.3 Å². The maximum atomic E-state index is 12.2. The van der Waals surface area contributed by atoms with Gasteiger partial charge in [-0.15, -0.1) is 0 Å². The van der Waals surface area contributed by atoms with Crippen molar-refractivity contribution in [3.05, 3.63) is 68.7 Å². The molecule has 0 bridgehead atoms. The molecule has 3 rings (SSSR count). The Morgan fingerprint density at radius 2 is 1.92 bits per heavy atom. The fourth-order valence-corrected chi connectivity index (χ4v) is 3.90. The van der Waals surface area contributed by atoms with Gasteiger partial charge in [-0.05, 0) is 23.3 Å². The second-order valence-electron chi connectivity index (χ2n) is 5.22. The Labute approximate surface area is 154 Å². The molecule has 0 aromatic heterocycles. The van der Waals surface area contributed by atoms with E-state index < -0.39 is 11.1 Å². The summed E-state index contributed by atoms with van der Waals surface area (Å²) in [5.41, 5.74) is 3.58. The molecule has 1 N–H and O–H groups in total. The number of rotatable bonds is 4. The number of cyclic esters (lactones) is 1. The van der Waals surface area contributed by atoms with Crippen molar-refractivity contribution in [1.82, 2.24) is 0 Å². The van der Waals surface area contributed by atoms with E-state index in [1.165, 1.54) is 0 Å². The second-order valence-corrected chi connectivity index (χ2v) is 7.44. The van der Waals surface area contributed by atoms with Crippen LogP contribution in [0.5, 0.6) is 0 Å². The van der Waals surface area contributed by atoms with Crippen molar-refractivity contribution < 1.29 is 18.3 Å². The molecule has 124 valence electrons. The summed E-state index contributed by atoms with van der Waals surface area (Å²) in [5, 5.41) is 0.570. The van der Waals surface area contributed by atoms with Gasteiger partial charge in [0, 0.05) is 20.6 Å². The molecule has 0 saturated carbocycles. The first kappa shape index (κ1) is 17.4. The SMILES string of the molecule is O=C1OCC(c2ccc(CS(=O)O)cc2)=C1c1ccc(Cl)cc1Br. The molecule has 1 aliphatic rings. The standard InChI is InChI=1S/C17H12BrClO4S/c18-15-7-12(19)5-6-13(15)16-14(8-23-17(16)20)11-3-1-10(2-4-11)9-24(21)22/h1-7H,8-9H2,(H,21,22). The molecule has 2 aromatic carbocycles. The highest BCUT2D eigenvalue weighted by Gasteiger charge is 2.28. The first-order valence-corrected chi connectivity index (χ1v) is 9.43. The van der Waals surface area contributed by atoms with Crippen LogP contribution in [0.4, 0.5) is 0 Å². The lowest BCUT2D eigenvalue weighted by atomic mass is 9.96. The van der Waals surface area contributed by atoms with Gasteiger partial charge in [-0.25, -0.2) is 9.00 Å². The summed E-state index contributed by atoms with van der Waals surface area (Å²) in [6.45, 7) is 0.189. The largest absolute Gasteiger partial charge is 0.457 e. The molecule has 0 aliphatic carbocycles. The van der Waals surface area contributed by atoms with Gasteiger partial charge in [-0.2, -0.15) is 0 Å². The highest BCUT2D eigenvalue weighted by Crippen LogP contribution is 2.37. The summed E-state index contributed by atoms with van der Waals surface area (Å²) in [6.07, 6.45) is 0. The van der Waals surface area contributed by atoms with Crippen LogP contribution in [0.2, 0.25) is 5.02 Å². The van der Waals surface area contributed by atoms with E-state index in [1.54, 1.807) is 30.3 Å². The number of benzene rings is 2. The van der Waals surface area contributed by atoms with Crippen LogP contribution in [-0.2, 0) is 26.4 Å². The van der Waals surface area contributed by atoms with Crippen molar-refractivity contribution >= 4 is 55.7 Å². The lowest BCUT2D eigenvalue weighted by molar-refractivity contribution is -0.133. The van der Waals surface area contributed by atoms with Gasteiger partial charge in [-0.1, -0.05) is 57.9 Å². The molecule has 0 fully saturated rings. The molecule has 0 saturated heterocycles. The van der Waals surface area contributed by atoms with E-state index in [2.05, 4.69) is 15.9 Å². The molecule has 7 heteroatoms. The van der Waals surface area contributed by atoms with Crippen LogP contribution >= 0.6 is 27.5 Å². The third-order valence-corrected chi connectivity index (χ3v) is 5.12. The minimum atomic E-state index is -1.88. The van der Waals surface area contributed by atoms with Crippen LogP contribution in [0.1, 0.15) is 16.7 Å². The normalized spacial score (nSPS) is 15.5. The molecule has 0 amide bonds. The van der Waals surface area contributed by atoms with Crippen LogP contribution in [-0.4, -0.2) is 21.3 Å². The van der Waals surface area contributed by atoms with Gasteiger partial charge in [0.1, 0.15) is 6.61 Å². The van der Waals surface area contributed by atoms with E-state index in [1.807, 2.05) is 12.1 Å². The van der Waals surface area contributed by atoms with Crippen molar-refractivity contribution in [2.45, 2.75) is 5.75 Å². The average molecular weight is 428 g/mol. The fourth-order valence-electron chi connectivity index (χ4n) is 2.54. The summed E-state index contributed by atoms with van der Waals surface area (Å²) in [6, 6.07) is 12.4. The van der Waals surface area contributed by atoms with E-state index >= 15 is 0 Å². The van der Waals surface area contributed by atoms with E-state index in [0.29, 0.717) is 15.1 Å². The first-order valence-electron chi connectivity index (χ1n) is 6.98. The van der Waals surface area contributed by atoms with Gasteiger partial charge in [0.2, 0.25) is 0 Å². The quantitative estimate of drug-likeness (QED) is 0.584. The van der Waals surface area contributed by atoms with E-state index in [9.17, 15) is 9.00 Å². The second kappa shape index (κ2) is 7.19. The maximum Gasteiger partial charge on any atom is 0.339 e. The van der Waals surface area contributed by atoms with Gasteiger partial charge in [0.15, 0.2) is 11.1 Å². The molecule has 0 radical (unpaired) electrons. The van der Waals surface area contributed by atoms with Gasteiger partial charge < -0.3 is 9.29 Å². The smallest absolute Gasteiger partial charge is 0.339 e. The highest BCUT2D eigenvalue weighted by molar-refractivity contribution is 9.10. The molecule has 2 aromatic rings. The number of hydrogen-bond acceptors (Lipinski definition) is 3. The van der Waals surface area contributed by atoms with Crippen LogP contribution in [0, 0.1) is 0 Å². The van der Waals surface area contributed by atoms with Crippen molar-refractivity contribution in [1.29, 1.82) is 0 Å². The first-order chi connectivity index (χ1) is 11.5. The Hall–Kier alpha value is -1.47. The van der Waals surface area contributed by atoms with Gasteiger partial charge in [0.05, 0.1) is 11.3 Å². The Balaban J connectivity index is 2.04. The summed E-state index contributed by atoms with van der Waals surface area (Å²) in [5.74, 6) is -0.307.